The third kappa shape index (κ3) is 4.48. The molecule has 0 amide bonds. The van der Waals surface area contributed by atoms with Gasteiger partial charge in [-0.2, -0.15) is 0 Å². The minimum Gasteiger partial charge on any atom is -0.379 e. The molecule has 0 saturated carbocycles. The van der Waals surface area contributed by atoms with E-state index < -0.39 is 0 Å². The highest BCUT2D eigenvalue weighted by atomic mass is 14.9. The van der Waals surface area contributed by atoms with Crippen molar-refractivity contribution in [2.75, 3.05) is 11.9 Å². The zero-order chi connectivity index (χ0) is 23.7. The average molecular weight is 448 g/mol. The minimum absolute atomic E-state index is 0.381. The summed E-state index contributed by atoms with van der Waals surface area (Å²) >= 11 is 0. The molecule has 1 aliphatic carbocycles. The highest BCUT2D eigenvalue weighted by Crippen LogP contribution is 2.35. The van der Waals surface area contributed by atoms with Crippen LogP contribution in [-0.4, -0.2) is 23.8 Å². The Bertz CT molecular complexity index is 1360. The molecule has 1 heterocycles. The van der Waals surface area contributed by atoms with Crippen LogP contribution in [0.2, 0.25) is 0 Å². The molecule has 1 N–H and O–H groups in total. The van der Waals surface area contributed by atoms with Gasteiger partial charge in [-0.15, -0.1) is 0 Å². The van der Waals surface area contributed by atoms with Crippen LogP contribution in [0.3, 0.4) is 0 Å². The van der Waals surface area contributed by atoms with Crippen LogP contribution in [-0.2, 0) is 12.8 Å². The second kappa shape index (κ2) is 9.42. The van der Waals surface area contributed by atoms with Crippen molar-refractivity contribution in [2.24, 2.45) is 4.99 Å². The van der Waals surface area contributed by atoms with Crippen LogP contribution in [0.5, 0.6) is 0 Å². The van der Waals surface area contributed by atoms with Gasteiger partial charge in [-0.05, 0) is 80.8 Å². The van der Waals surface area contributed by atoms with E-state index >= 15 is 0 Å². The topological polar surface area (TPSA) is 37.3 Å². The van der Waals surface area contributed by atoms with Crippen LogP contribution < -0.4 is 5.32 Å². The van der Waals surface area contributed by atoms with Crippen molar-refractivity contribution in [2.45, 2.75) is 53.0 Å². The average Bonchev–Trinajstić information content (AvgIpc) is 2.81. The molecule has 3 nitrogen and oxygen atoms in total. The van der Waals surface area contributed by atoms with Crippen LogP contribution >= 0.6 is 0 Å². The van der Waals surface area contributed by atoms with Crippen LogP contribution in [0.15, 0.2) is 65.7 Å². The van der Waals surface area contributed by atoms with E-state index in [4.69, 9.17) is 9.98 Å². The predicted molar refractivity (Wildman–Crippen MR) is 145 cm³/mol. The molecule has 172 valence electrons. The van der Waals surface area contributed by atoms with Gasteiger partial charge in [0.15, 0.2) is 0 Å². The van der Waals surface area contributed by atoms with Crippen molar-refractivity contribution >= 4 is 22.8 Å². The lowest BCUT2D eigenvalue weighted by molar-refractivity contribution is 0.580. The summed E-state index contributed by atoms with van der Waals surface area (Å²) in [4.78, 5) is 9.86. The Morgan fingerprint density at radius 3 is 2.50 bits per heavy atom. The number of hydrogen-bond donors (Lipinski definition) is 1. The molecule has 0 aliphatic heterocycles. The fourth-order valence-corrected chi connectivity index (χ4v) is 5.49. The van der Waals surface area contributed by atoms with Crippen molar-refractivity contribution in [3.8, 4) is 11.1 Å². The lowest BCUT2D eigenvalue weighted by Gasteiger charge is -2.21. The predicted octanol–water partition coefficient (Wildman–Crippen LogP) is 7.18. The van der Waals surface area contributed by atoms with Gasteiger partial charge >= 0.3 is 0 Å². The SMILES string of the molecule is Cc1cc(C)c(-c2cccc3c(NCC=NC4CCc5ccccc5C4)cc(C)nc23)c(C)c1. The second-order valence-corrected chi connectivity index (χ2v) is 9.66. The number of fused-ring (bicyclic) bond motifs is 2. The van der Waals surface area contributed by atoms with E-state index in [1.807, 2.05) is 0 Å². The second-order valence-electron chi connectivity index (χ2n) is 9.66. The summed E-state index contributed by atoms with van der Waals surface area (Å²) < 4.78 is 0. The van der Waals surface area contributed by atoms with E-state index in [0.717, 1.165) is 41.5 Å². The molecule has 4 aromatic rings. The lowest BCUT2D eigenvalue weighted by Crippen LogP contribution is -2.18. The first kappa shape index (κ1) is 22.3. The molecule has 0 radical (unpaired) electrons. The van der Waals surface area contributed by atoms with Gasteiger partial charge in [-0.25, -0.2) is 0 Å². The first-order valence-electron chi connectivity index (χ1n) is 12.3. The molecule has 1 aliphatic rings. The number of aryl methyl sites for hydroxylation is 5. The fourth-order valence-electron chi connectivity index (χ4n) is 5.49. The van der Waals surface area contributed by atoms with Crippen LogP contribution in [0.4, 0.5) is 5.69 Å². The maximum absolute atomic E-state index is 4.97. The number of nitrogens with one attached hydrogen (secondary N) is 1. The smallest absolute Gasteiger partial charge is 0.0804 e. The highest BCUT2D eigenvalue weighted by molar-refractivity contribution is 6.01. The van der Waals surface area contributed by atoms with Crippen molar-refractivity contribution in [1.82, 2.24) is 4.98 Å². The molecule has 5 rings (SSSR count). The van der Waals surface area contributed by atoms with Gasteiger partial charge < -0.3 is 5.32 Å². The first-order valence-corrected chi connectivity index (χ1v) is 12.3. The van der Waals surface area contributed by atoms with E-state index in [0.29, 0.717) is 12.6 Å². The summed E-state index contributed by atoms with van der Waals surface area (Å²) in [5, 5.41) is 4.77. The third-order valence-corrected chi connectivity index (χ3v) is 6.93. The standard InChI is InChI=1S/C31H33N3/c1-20-16-21(2)30(22(3)17-20)28-11-7-10-27-29(18-23(4)34-31(27)28)33-15-14-32-26-13-12-24-8-5-6-9-25(24)19-26/h5-11,14,16-18,26H,12-13,15,19H2,1-4H3,(H,33,34). The number of aliphatic imine (C=N–C) groups is 1. The van der Waals surface area contributed by atoms with E-state index in [1.54, 1.807) is 0 Å². The Morgan fingerprint density at radius 1 is 0.941 bits per heavy atom. The molecule has 0 bridgehead atoms. The largest absolute Gasteiger partial charge is 0.379 e. The molecule has 1 unspecified atom stereocenters. The van der Waals surface area contributed by atoms with Crippen LogP contribution in [0, 0.1) is 27.7 Å². The van der Waals surface area contributed by atoms with E-state index in [9.17, 15) is 0 Å². The number of rotatable bonds is 5. The first-order chi connectivity index (χ1) is 16.5. The number of pyridine rings is 1. The Kier molecular flexibility index (Phi) is 6.19. The maximum atomic E-state index is 4.97. The number of aromatic nitrogens is 1. The molecule has 0 spiro atoms. The molecule has 0 fully saturated rings. The maximum Gasteiger partial charge on any atom is 0.0804 e. The fraction of sp³-hybridized carbons (Fsp3) is 0.290. The minimum atomic E-state index is 0.381. The number of nitrogens with zero attached hydrogens (tertiary/aromatic N) is 2. The summed E-state index contributed by atoms with van der Waals surface area (Å²) in [5.74, 6) is 0. The number of anilines is 1. The molecule has 1 aromatic heterocycles. The molecule has 0 saturated heterocycles. The van der Waals surface area contributed by atoms with Gasteiger partial charge in [0, 0.05) is 35.1 Å². The normalized spacial score (nSPS) is 15.6. The summed E-state index contributed by atoms with van der Waals surface area (Å²) in [6.45, 7) is 9.34. The Morgan fingerprint density at radius 2 is 1.71 bits per heavy atom. The molecule has 3 aromatic carbocycles. The van der Waals surface area contributed by atoms with E-state index in [1.165, 1.54) is 38.9 Å². The van der Waals surface area contributed by atoms with Crippen molar-refractivity contribution in [1.29, 1.82) is 0 Å². The van der Waals surface area contributed by atoms with Gasteiger partial charge in [0.25, 0.3) is 0 Å². The quantitative estimate of drug-likeness (QED) is 0.329. The van der Waals surface area contributed by atoms with Gasteiger partial charge in [-0.1, -0.05) is 60.2 Å². The van der Waals surface area contributed by atoms with E-state index in [2.05, 4.69) is 99.9 Å². The number of hydrogen-bond acceptors (Lipinski definition) is 3. The van der Waals surface area contributed by atoms with Crippen molar-refractivity contribution in [3.05, 3.63) is 94.2 Å². The van der Waals surface area contributed by atoms with Gasteiger partial charge in [0.1, 0.15) is 0 Å². The summed E-state index contributed by atoms with van der Waals surface area (Å²) in [7, 11) is 0. The Hall–Kier alpha value is -3.46. The van der Waals surface area contributed by atoms with Gasteiger partial charge in [0.2, 0.25) is 0 Å². The number of para-hydroxylation sites is 1. The Balaban J connectivity index is 1.39. The zero-order valence-electron chi connectivity index (χ0n) is 20.7. The summed E-state index contributed by atoms with van der Waals surface area (Å²) in [5.41, 5.74) is 12.5. The van der Waals surface area contributed by atoms with Gasteiger partial charge in [0.05, 0.1) is 11.6 Å². The third-order valence-electron chi connectivity index (χ3n) is 6.93. The van der Waals surface area contributed by atoms with E-state index in [-0.39, 0.29) is 0 Å². The molecule has 1 atom stereocenters. The summed E-state index contributed by atoms with van der Waals surface area (Å²) in [6, 6.07) is 22.3. The van der Waals surface area contributed by atoms with Crippen molar-refractivity contribution < 1.29 is 0 Å². The Labute approximate surface area is 203 Å². The molecule has 34 heavy (non-hydrogen) atoms. The lowest BCUT2D eigenvalue weighted by atomic mass is 9.89. The molecular formula is C31H33N3. The molecular weight excluding hydrogens is 414 g/mol. The van der Waals surface area contributed by atoms with Gasteiger partial charge in [-0.3, -0.25) is 9.98 Å². The van der Waals surface area contributed by atoms with Crippen molar-refractivity contribution in [3.63, 3.8) is 0 Å². The zero-order valence-corrected chi connectivity index (χ0v) is 20.7. The summed E-state index contributed by atoms with van der Waals surface area (Å²) in [6.07, 6.45) is 5.35. The van der Waals surface area contributed by atoms with Crippen LogP contribution in [0.1, 0.15) is 39.9 Å². The van der Waals surface area contributed by atoms with Crippen LogP contribution in [0.25, 0.3) is 22.0 Å². The monoisotopic (exact) mass is 447 g/mol. The molecule has 3 heteroatoms. The number of benzene rings is 3. The highest BCUT2D eigenvalue weighted by Gasteiger charge is 2.17.